The predicted octanol–water partition coefficient (Wildman–Crippen LogP) is 3.18. The molecule has 0 saturated carbocycles. The summed E-state index contributed by atoms with van der Waals surface area (Å²) in [6, 6.07) is 3.73. The summed E-state index contributed by atoms with van der Waals surface area (Å²) in [5, 5.41) is 0.123. The van der Waals surface area contributed by atoms with E-state index in [1.807, 2.05) is 6.92 Å². The van der Waals surface area contributed by atoms with E-state index in [1.54, 1.807) is 4.90 Å². The van der Waals surface area contributed by atoms with Crippen LogP contribution in [-0.2, 0) is 0 Å². The van der Waals surface area contributed by atoms with Crippen LogP contribution in [0.5, 0.6) is 0 Å². The molecule has 0 bridgehead atoms. The lowest BCUT2D eigenvalue weighted by Crippen LogP contribution is -2.32. The van der Waals surface area contributed by atoms with Crippen LogP contribution in [0.4, 0.5) is 4.39 Å². The highest BCUT2D eigenvalue weighted by Crippen LogP contribution is 2.19. The van der Waals surface area contributed by atoms with Crippen molar-refractivity contribution >= 4 is 29.1 Å². The van der Waals surface area contributed by atoms with Gasteiger partial charge in [-0.2, -0.15) is 0 Å². The van der Waals surface area contributed by atoms with Gasteiger partial charge in [0.2, 0.25) is 0 Å². The molecule has 0 aliphatic rings. The minimum atomic E-state index is -0.457. The molecule has 5 heteroatoms. The molecule has 1 aromatic carbocycles. The first-order valence-corrected chi connectivity index (χ1v) is 5.81. The third-order valence-corrected chi connectivity index (χ3v) is 2.67. The number of rotatable bonds is 4. The fraction of sp³-hybridized carbons (Fsp3) is 0.364. The molecule has 0 aliphatic carbocycles. The number of carbonyl (C=O) groups is 1. The number of carbonyl (C=O) groups excluding carboxylic acids is 1. The summed E-state index contributed by atoms with van der Waals surface area (Å²) >= 11 is 11.4. The van der Waals surface area contributed by atoms with Gasteiger partial charge < -0.3 is 4.90 Å². The van der Waals surface area contributed by atoms with Crippen LogP contribution in [-0.4, -0.2) is 29.8 Å². The molecule has 0 saturated heterocycles. The molecule has 1 amide bonds. The molecule has 0 spiro atoms. The zero-order valence-electron chi connectivity index (χ0n) is 8.84. The van der Waals surface area contributed by atoms with E-state index in [0.717, 1.165) is 6.07 Å². The predicted molar refractivity (Wildman–Crippen MR) is 63.7 cm³/mol. The van der Waals surface area contributed by atoms with Crippen molar-refractivity contribution < 1.29 is 9.18 Å². The molecule has 0 atom stereocenters. The average Bonchev–Trinajstić information content (AvgIpc) is 2.25. The van der Waals surface area contributed by atoms with Crippen molar-refractivity contribution in [2.24, 2.45) is 0 Å². The van der Waals surface area contributed by atoms with Gasteiger partial charge in [0.05, 0.1) is 10.6 Å². The van der Waals surface area contributed by atoms with E-state index >= 15 is 0 Å². The first-order valence-electron chi connectivity index (χ1n) is 4.90. The summed E-state index contributed by atoms with van der Waals surface area (Å²) in [6.07, 6.45) is 0. The van der Waals surface area contributed by atoms with Crippen molar-refractivity contribution in [3.8, 4) is 0 Å². The number of benzene rings is 1. The smallest absolute Gasteiger partial charge is 0.255 e. The summed E-state index contributed by atoms with van der Waals surface area (Å²) in [7, 11) is 0. The second-order valence-corrected chi connectivity index (χ2v) is 3.98. The highest BCUT2D eigenvalue weighted by molar-refractivity contribution is 6.33. The van der Waals surface area contributed by atoms with Crippen LogP contribution in [0.1, 0.15) is 17.3 Å². The maximum atomic E-state index is 12.8. The Bertz CT molecular complexity index is 384. The van der Waals surface area contributed by atoms with E-state index in [4.69, 9.17) is 23.2 Å². The highest BCUT2D eigenvalue weighted by atomic mass is 35.5. The molecule has 0 radical (unpaired) electrons. The molecule has 0 unspecified atom stereocenters. The zero-order valence-corrected chi connectivity index (χ0v) is 10.4. The van der Waals surface area contributed by atoms with Crippen molar-refractivity contribution in [2.75, 3.05) is 19.0 Å². The Morgan fingerprint density at radius 2 is 2.19 bits per heavy atom. The largest absolute Gasteiger partial charge is 0.338 e. The summed E-state index contributed by atoms with van der Waals surface area (Å²) < 4.78 is 12.8. The molecule has 1 rings (SSSR count). The second-order valence-electron chi connectivity index (χ2n) is 3.20. The Hall–Kier alpha value is -0.800. The Morgan fingerprint density at radius 1 is 1.50 bits per heavy atom. The lowest BCUT2D eigenvalue weighted by Gasteiger charge is -2.20. The van der Waals surface area contributed by atoms with Crippen molar-refractivity contribution in [3.05, 3.63) is 34.6 Å². The summed E-state index contributed by atoms with van der Waals surface area (Å²) in [4.78, 5) is 13.5. The molecule has 0 aliphatic heterocycles. The maximum absolute atomic E-state index is 12.8. The van der Waals surface area contributed by atoms with E-state index in [0.29, 0.717) is 24.5 Å². The lowest BCUT2D eigenvalue weighted by molar-refractivity contribution is 0.0774. The van der Waals surface area contributed by atoms with Gasteiger partial charge in [-0.05, 0) is 25.1 Å². The fourth-order valence-corrected chi connectivity index (χ4v) is 1.79. The number of hydrogen-bond donors (Lipinski definition) is 0. The number of amides is 1. The first-order chi connectivity index (χ1) is 7.60. The van der Waals surface area contributed by atoms with Gasteiger partial charge in [0, 0.05) is 19.0 Å². The fourth-order valence-electron chi connectivity index (χ4n) is 1.34. The van der Waals surface area contributed by atoms with Crippen LogP contribution in [0.3, 0.4) is 0 Å². The lowest BCUT2D eigenvalue weighted by atomic mass is 10.2. The Labute approximate surface area is 104 Å². The standard InChI is InChI=1S/C11H12Cl2FNO/c1-2-15(6-5-12)11(16)9-4-3-8(14)7-10(9)13/h3-4,7H,2,5-6H2,1H3. The van der Waals surface area contributed by atoms with Crippen LogP contribution < -0.4 is 0 Å². The number of halogens is 3. The molecule has 2 nitrogen and oxygen atoms in total. The van der Waals surface area contributed by atoms with Gasteiger partial charge in [-0.25, -0.2) is 4.39 Å². The third-order valence-electron chi connectivity index (χ3n) is 2.18. The maximum Gasteiger partial charge on any atom is 0.255 e. The average molecular weight is 264 g/mol. The topological polar surface area (TPSA) is 20.3 Å². The van der Waals surface area contributed by atoms with Gasteiger partial charge in [0.15, 0.2) is 0 Å². The molecule has 0 fully saturated rings. The zero-order chi connectivity index (χ0) is 12.1. The number of alkyl halides is 1. The second kappa shape index (κ2) is 6.06. The minimum absolute atomic E-state index is 0.123. The third kappa shape index (κ3) is 3.09. The van der Waals surface area contributed by atoms with Gasteiger partial charge in [-0.1, -0.05) is 11.6 Å². The summed E-state index contributed by atoms with van der Waals surface area (Å²) in [5.41, 5.74) is 0.301. The normalized spacial score (nSPS) is 10.2. The Morgan fingerprint density at radius 3 is 2.69 bits per heavy atom. The van der Waals surface area contributed by atoms with E-state index in [1.165, 1.54) is 12.1 Å². The molecule has 0 N–H and O–H groups in total. The molecule has 88 valence electrons. The van der Waals surface area contributed by atoms with Gasteiger partial charge in [-0.15, -0.1) is 11.6 Å². The molecule has 1 aromatic rings. The Balaban J connectivity index is 2.94. The van der Waals surface area contributed by atoms with Crippen molar-refractivity contribution in [1.82, 2.24) is 4.90 Å². The van der Waals surface area contributed by atoms with Crippen LogP contribution in [0.25, 0.3) is 0 Å². The van der Waals surface area contributed by atoms with Gasteiger partial charge in [0.25, 0.3) is 5.91 Å². The van der Waals surface area contributed by atoms with E-state index < -0.39 is 5.82 Å². The van der Waals surface area contributed by atoms with Crippen LogP contribution in [0.2, 0.25) is 5.02 Å². The van der Waals surface area contributed by atoms with Crippen LogP contribution in [0, 0.1) is 5.82 Å². The highest BCUT2D eigenvalue weighted by Gasteiger charge is 2.16. The van der Waals surface area contributed by atoms with Crippen molar-refractivity contribution in [3.63, 3.8) is 0 Å². The van der Waals surface area contributed by atoms with Crippen LogP contribution in [0.15, 0.2) is 18.2 Å². The monoisotopic (exact) mass is 263 g/mol. The van der Waals surface area contributed by atoms with Gasteiger partial charge >= 0.3 is 0 Å². The molecule has 0 aromatic heterocycles. The minimum Gasteiger partial charge on any atom is -0.338 e. The SMILES string of the molecule is CCN(CCCl)C(=O)c1ccc(F)cc1Cl. The van der Waals surface area contributed by atoms with Gasteiger partial charge in [0.1, 0.15) is 5.82 Å². The van der Waals surface area contributed by atoms with E-state index in [9.17, 15) is 9.18 Å². The molecule has 0 heterocycles. The first kappa shape index (κ1) is 13.3. The molecular weight excluding hydrogens is 252 g/mol. The number of nitrogens with zero attached hydrogens (tertiary/aromatic N) is 1. The summed E-state index contributed by atoms with van der Waals surface area (Å²) in [5.74, 6) is -0.326. The number of hydrogen-bond acceptors (Lipinski definition) is 1. The quantitative estimate of drug-likeness (QED) is 0.765. The van der Waals surface area contributed by atoms with Crippen molar-refractivity contribution in [2.45, 2.75) is 6.92 Å². The summed E-state index contributed by atoms with van der Waals surface area (Å²) in [6.45, 7) is 2.84. The van der Waals surface area contributed by atoms with Crippen molar-refractivity contribution in [1.29, 1.82) is 0 Å². The van der Waals surface area contributed by atoms with E-state index in [2.05, 4.69) is 0 Å². The van der Waals surface area contributed by atoms with E-state index in [-0.39, 0.29) is 10.9 Å². The Kier molecular flexibility index (Phi) is 5.03. The van der Waals surface area contributed by atoms with Gasteiger partial charge in [-0.3, -0.25) is 4.79 Å². The molecular formula is C11H12Cl2FNO. The van der Waals surface area contributed by atoms with Crippen LogP contribution >= 0.6 is 23.2 Å². The molecule has 16 heavy (non-hydrogen) atoms.